The Morgan fingerprint density at radius 3 is 1.55 bits per heavy atom. The first-order valence-electron chi connectivity index (χ1n) is 19.0. The van der Waals surface area contributed by atoms with E-state index in [1.165, 1.54) is 36.0 Å². The molecular formula is C42H56N4O11Si. The molecule has 0 amide bonds. The highest BCUT2D eigenvalue weighted by atomic mass is 28.4. The van der Waals surface area contributed by atoms with E-state index in [2.05, 4.69) is 33.9 Å². The van der Waals surface area contributed by atoms with Gasteiger partial charge in [0.1, 0.15) is 18.6 Å². The van der Waals surface area contributed by atoms with Crippen LogP contribution in [0.3, 0.4) is 0 Å². The number of rotatable bonds is 8. The van der Waals surface area contributed by atoms with Crippen molar-refractivity contribution in [2.75, 3.05) is 6.61 Å². The maximum atomic E-state index is 13.3. The Bertz CT molecular complexity index is 2330. The van der Waals surface area contributed by atoms with E-state index >= 15 is 0 Å². The van der Waals surface area contributed by atoms with Crippen molar-refractivity contribution < 1.29 is 33.7 Å². The number of hydrogen-bond acceptors (Lipinski definition) is 11. The Kier molecular flexibility index (Phi) is 14.5. The van der Waals surface area contributed by atoms with Crippen molar-refractivity contribution >= 4 is 20.1 Å². The number of nitrogens with zero attached hydrogens (tertiary/aromatic N) is 4. The molecule has 2 fully saturated rings. The summed E-state index contributed by atoms with van der Waals surface area (Å²) >= 11 is 0. The van der Waals surface area contributed by atoms with Gasteiger partial charge in [0.2, 0.25) is 0 Å². The van der Waals surface area contributed by atoms with Crippen molar-refractivity contribution in [1.82, 2.24) is 18.3 Å². The van der Waals surface area contributed by atoms with Crippen LogP contribution in [0.4, 0.5) is 0 Å². The van der Waals surface area contributed by atoms with Crippen molar-refractivity contribution in [3.8, 4) is 0 Å². The number of carbonyl (C=O) groups excluding carboxylic acids is 2. The van der Waals surface area contributed by atoms with Gasteiger partial charge in [-0.15, -0.1) is 0 Å². The lowest BCUT2D eigenvalue weighted by atomic mass is 10.1. The molecule has 0 aliphatic carbocycles. The predicted molar refractivity (Wildman–Crippen MR) is 221 cm³/mol. The minimum Gasteiger partial charge on any atom is -0.411 e. The average Bonchev–Trinajstić information content (AvgIpc) is 3.76. The molecule has 2 aromatic carbocycles. The van der Waals surface area contributed by atoms with Gasteiger partial charge in [0.15, 0.2) is 8.32 Å². The maximum Gasteiger partial charge on any atom is 0.340 e. The molecular weight excluding hydrogens is 765 g/mol. The fraction of sp³-hybridized carbons (Fsp3) is 0.476. The van der Waals surface area contributed by atoms with Gasteiger partial charge in [-0.1, -0.05) is 71.5 Å². The Hall–Kier alpha value is -4.84. The Labute approximate surface area is 338 Å². The molecule has 0 spiro atoms. The predicted octanol–water partition coefficient (Wildman–Crippen LogP) is 4.38. The molecule has 2 aromatic heterocycles. The molecule has 4 heterocycles. The van der Waals surface area contributed by atoms with E-state index in [0.29, 0.717) is 21.1 Å². The number of ether oxygens (including phenoxy) is 2. The fourth-order valence-electron chi connectivity index (χ4n) is 6.55. The quantitative estimate of drug-likeness (QED) is 0.240. The van der Waals surface area contributed by atoms with Crippen molar-refractivity contribution in [3.63, 3.8) is 0 Å². The van der Waals surface area contributed by atoms with Gasteiger partial charge >= 0.3 is 11.4 Å². The van der Waals surface area contributed by atoms with Crippen LogP contribution in [0.2, 0.25) is 18.1 Å². The molecule has 2 aliphatic rings. The summed E-state index contributed by atoms with van der Waals surface area (Å²) in [6.07, 6.45) is 0.563. The van der Waals surface area contributed by atoms with Gasteiger partial charge in [-0.3, -0.25) is 28.3 Å². The summed E-state index contributed by atoms with van der Waals surface area (Å²) in [6.45, 7) is 15.7. The molecule has 314 valence electrons. The SMILES string of the molecule is C.CCC1OC(n2cc(C)c(=O)n(C(=O)c3ccccc3)c2=O)CC1O[Si](C)(C)C(C)(C)C.Cc1cn(C2CC(O)C(CO)O2)c(=O)n(C(=O)c2ccccc2)c1=O. The summed E-state index contributed by atoms with van der Waals surface area (Å²) in [6, 6.07) is 16.3. The average molecular weight is 821 g/mol. The van der Waals surface area contributed by atoms with Gasteiger partial charge in [-0.05, 0) is 62.7 Å². The van der Waals surface area contributed by atoms with Crippen LogP contribution in [0.1, 0.15) is 98.7 Å². The Morgan fingerprint density at radius 1 is 0.759 bits per heavy atom. The highest BCUT2D eigenvalue weighted by molar-refractivity contribution is 6.74. The second-order valence-electron chi connectivity index (χ2n) is 15.9. The van der Waals surface area contributed by atoms with Crippen LogP contribution in [-0.2, 0) is 13.9 Å². The molecule has 4 aromatic rings. The van der Waals surface area contributed by atoms with Crippen LogP contribution < -0.4 is 22.5 Å². The number of hydrogen-bond donors (Lipinski definition) is 2. The third-order valence-corrected chi connectivity index (χ3v) is 15.4. The molecule has 0 radical (unpaired) electrons. The number of benzene rings is 2. The molecule has 2 N–H and O–H groups in total. The third kappa shape index (κ3) is 9.38. The summed E-state index contributed by atoms with van der Waals surface area (Å²) < 4.78 is 22.0. The monoisotopic (exact) mass is 820 g/mol. The lowest BCUT2D eigenvalue weighted by Gasteiger charge is -2.39. The summed E-state index contributed by atoms with van der Waals surface area (Å²) in [4.78, 5) is 76.7. The second kappa shape index (κ2) is 18.4. The lowest BCUT2D eigenvalue weighted by molar-refractivity contribution is -0.0462. The number of aliphatic hydroxyl groups excluding tert-OH is 2. The minimum absolute atomic E-state index is 0. The van der Waals surface area contributed by atoms with Crippen LogP contribution in [-0.4, -0.2) is 79.6 Å². The van der Waals surface area contributed by atoms with Gasteiger partial charge in [0.25, 0.3) is 22.9 Å². The van der Waals surface area contributed by atoms with E-state index < -0.39 is 73.9 Å². The molecule has 16 heteroatoms. The normalized spacial score (nSPS) is 21.8. The smallest absolute Gasteiger partial charge is 0.340 e. The summed E-state index contributed by atoms with van der Waals surface area (Å²) in [7, 11) is -2.04. The zero-order valence-electron chi connectivity index (χ0n) is 33.6. The van der Waals surface area contributed by atoms with Crippen molar-refractivity contribution in [2.24, 2.45) is 0 Å². The first-order valence-corrected chi connectivity index (χ1v) is 21.9. The topological polar surface area (TPSA) is 190 Å². The number of aryl methyl sites for hydroxylation is 2. The van der Waals surface area contributed by atoms with Gasteiger partial charge in [0, 0.05) is 47.5 Å². The summed E-state index contributed by atoms with van der Waals surface area (Å²) in [5, 5.41) is 19.1. The highest BCUT2D eigenvalue weighted by Crippen LogP contribution is 2.41. The number of aromatic nitrogens is 4. The minimum atomic E-state index is -2.04. The van der Waals surface area contributed by atoms with Gasteiger partial charge < -0.3 is 24.1 Å². The molecule has 15 nitrogen and oxygen atoms in total. The van der Waals surface area contributed by atoms with E-state index in [9.17, 15) is 39.0 Å². The highest BCUT2D eigenvalue weighted by Gasteiger charge is 2.45. The van der Waals surface area contributed by atoms with Crippen molar-refractivity contribution in [2.45, 2.75) is 123 Å². The van der Waals surface area contributed by atoms with Gasteiger partial charge in [0.05, 0.1) is 24.9 Å². The molecule has 0 bridgehead atoms. The van der Waals surface area contributed by atoms with Gasteiger partial charge in [-0.25, -0.2) is 9.59 Å². The van der Waals surface area contributed by atoms with Crippen LogP contribution in [0.15, 0.2) is 92.2 Å². The van der Waals surface area contributed by atoms with Crippen LogP contribution in [0.25, 0.3) is 0 Å². The molecule has 2 aliphatic heterocycles. The number of carbonyl (C=O) groups is 2. The zero-order chi connectivity index (χ0) is 42.0. The first-order chi connectivity index (χ1) is 26.8. The standard InChI is InChI=1S/C24H34N2O5Si.C17H18N2O6.CH4/c1-8-18-19(31-32(6,7)24(3,4)5)14-20(30-18)25-15-16(2)21(27)26(23(25)29)22(28)17-12-10-9-11-13-17;1-10-8-18(14-7-12(21)13(9-20)25-14)17(24)19(15(10)22)16(23)11-5-3-2-4-6-11;/h9-13,15,18-20H,8,14H2,1-7H3;2-6,8,12-14,20-21H,7,9H2,1H3;1H4. The Morgan fingerprint density at radius 2 is 1.17 bits per heavy atom. The Balaban J connectivity index is 0.000000259. The molecule has 6 rings (SSSR count). The van der Waals surface area contributed by atoms with E-state index in [1.54, 1.807) is 55.5 Å². The van der Waals surface area contributed by atoms with Crippen molar-refractivity contribution in [3.05, 3.63) is 137 Å². The summed E-state index contributed by atoms with van der Waals surface area (Å²) in [5.74, 6) is -1.37. The van der Waals surface area contributed by atoms with E-state index in [1.807, 2.05) is 6.92 Å². The zero-order valence-corrected chi connectivity index (χ0v) is 34.6. The summed E-state index contributed by atoms with van der Waals surface area (Å²) in [5.41, 5.74) is -1.87. The number of aliphatic hydroxyl groups is 2. The maximum absolute atomic E-state index is 13.3. The second-order valence-corrected chi connectivity index (χ2v) is 20.7. The van der Waals surface area contributed by atoms with E-state index in [0.717, 1.165) is 11.0 Å². The molecule has 6 atom stereocenters. The molecule has 58 heavy (non-hydrogen) atoms. The largest absolute Gasteiger partial charge is 0.411 e. The fourth-order valence-corrected chi connectivity index (χ4v) is 7.91. The van der Waals surface area contributed by atoms with Crippen molar-refractivity contribution in [1.29, 1.82) is 0 Å². The van der Waals surface area contributed by atoms with Crippen LogP contribution in [0, 0.1) is 13.8 Å². The van der Waals surface area contributed by atoms with Crippen LogP contribution >= 0.6 is 0 Å². The van der Waals surface area contributed by atoms with E-state index in [4.69, 9.17) is 13.9 Å². The third-order valence-electron chi connectivity index (χ3n) is 10.9. The molecule has 2 saturated heterocycles. The first kappa shape index (κ1) is 45.9. The lowest BCUT2D eigenvalue weighted by Crippen LogP contribution is -2.46. The van der Waals surface area contributed by atoms with Crippen LogP contribution in [0.5, 0.6) is 0 Å². The van der Waals surface area contributed by atoms with E-state index in [-0.39, 0.29) is 47.8 Å². The molecule has 6 unspecified atom stereocenters. The van der Waals surface area contributed by atoms with Gasteiger partial charge in [-0.2, -0.15) is 9.13 Å². The molecule has 0 saturated carbocycles.